The van der Waals surface area contributed by atoms with Crippen molar-refractivity contribution in [2.45, 2.75) is 6.54 Å². The van der Waals surface area contributed by atoms with Gasteiger partial charge in [-0.1, -0.05) is 36.4 Å². The average Bonchev–Trinajstić information content (AvgIpc) is 2.57. The minimum Gasteiger partial charge on any atom is -0.439 e. The molecule has 0 saturated heterocycles. The topological polar surface area (TPSA) is 25.4 Å². The van der Waals surface area contributed by atoms with E-state index in [9.17, 15) is 0 Å². The number of hydrogen-bond donors (Lipinski definition) is 0. The molecule has 1 aromatic heterocycles. The Morgan fingerprint density at radius 2 is 1.59 bits per heavy atom. The van der Waals surface area contributed by atoms with Gasteiger partial charge in [0.2, 0.25) is 5.88 Å². The molecule has 3 heteroatoms. The zero-order chi connectivity index (χ0) is 15.2. The summed E-state index contributed by atoms with van der Waals surface area (Å²) < 4.78 is 5.70. The van der Waals surface area contributed by atoms with Crippen molar-refractivity contribution < 1.29 is 4.74 Å². The van der Waals surface area contributed by atoms with Gasteiger partial charge in [-0.25, -0.2) is 4.98 Å². The Kier molecular flexibility index (Phi) is 4.35. The number of pyridine rings is 1. The van der Waals surface area contributed by atoms with Crippen molar-refractivity contribution in [1.82, 2.24) is 4.98 Å². The first-order chi connectivity index (χ1) is 10.8. The SMILES string of the molecule is CN(Cc1ccccc1)c1ccc(Oc2ccccn2)cc1. The molecule has 3 aromatic rings. The Morgan fingerprint density at radius 3 is 2.27 bits per heavy atom. The van der Waals surface area contributed by atoms with E-state index in [-0.39, 0.29) is 0 Å². The van der Waals surface area contributed by atoms with E-state index in [1.165, 1.54) is 5.56 Å². The molecule has 0 atom stereocenters. The third kappa shape index (κ3) is 3.64. The summed E-state index contributed by atoms with van der Waals surface area (Å²) in [5, 5.41) is 0. The third-order valence-corrected chi connectivity index (χ3v) is 3.40. The first-order valence-corrected chi connectivity index (χ1v) is 7.25. The van der Waals surface area contributed by atoms with Crippen LogP contribution in [0.3, 0.4) is 0 Å². The molecule has 3 rings (SSSR count). The van der Waals surface area contributed by atoms with Crippen LogP contribution in [0, 0.1) is 0 Å². The molecule has 22 heavy (non-hydrogen) atoms. The molecule has 3 nitrogen and oxygen atoms in total. The van der Waals surface area contributed by atoms with Crippen LogP contribution in [-0.2, 0) is 6.54 Å². The highest BCUT2D eigenvalue weighted by Gasteiger charge is 2.03. The van der Waals surface area contributed by atoms with Crippen LogP contribution in [0.25, 0.3) is 0 Å². The molecule has 0 aliphatic carbocycles. The lowest BCUT2D eigenvalue weighted by Crippen LogP contribution is -2.15. The summed E-state index contributed by atoms with van der Waals surface area (Å²) in [6, 6.07) is 24.1. The van der Waals surface area contributed by atoms with Crippen molar-refractivity contribution in [1.29, 1.82) is 0 Å². The molecule has 0 fully saturated rings. The molecule has 0 unspecified atom stereocenters. The molecule has 0 aliphatic rings. The van der Waals surface area contributed by atoms with E-state index < -0.39 is 0 Å². The first-order valence-electron chi connectivity index (χ1n) is 7.25. The van der Waals surface area contributed by atoms with Gasteiger partial charge in [0, 0.05) is 31.5 Å². The Balaban J connectivity index is 1.66. The van der Waals surface area contributed by atoms with Gasteiger partial charge in [0.05, 0.1) is 0 Å². The van der Waals surface area contributed by atoms with Gasteiger partial charge >= 0.3 is 0 Å². The minimum atomic E-state index is 0.605. The zero-order valence-corrected chi connectivity index (χ0v) is 12.5. The largest absolute Gasteiger partial charge is 0.439 e. The van der Waals surface area contributed by atoms with Gasteiger partial charge in [-0.05, 0) is 35.9 Å². The van der Waals surface area contributed by atoms with Gasteiger partial charge in [-0.15, -0.1) is 0 Å². The van der Waals surface area contributed by atoms with Crippen LogP contribution in [0.4, 0.5) is 5.69 Å². The predicted molar refractivity (Wildman–Crippen MR) is 89.3 cm³/mol. The van der Waals surface area contributed by atoms with Crippen molar-refractivity contribution in [3.8, 4) is 11.6 Å². The van der Waals surface area contributed by atoms with Gasteiger partial charge in [0.1, 0.15) is 5.75 Å². The van der Waals surface area contributed by atoms with Crippen molar-refractivity contribution in [2.24, 2.45) is 0 Å². The van der Waals surface area contributed by atoms with Gasteiger partial charge in [-0.2, -0.15) is 0 Å². The highest BCUT2D eigenvalue weighted by atomic mass is 16.5. The monoisotopic (exact) mass is 290 g/mol. The number of anilines is 1. The molecule has 0 saturated carbocycles. The number of benzene rings is 2. The molecular weight excluding hydrogens is 272 g/mol. The molecule has 0 amide bonds. The van der Waals surface area contributed by atoms with Crippen LogP contribution < -0.4 is 9.64 Å². The quantitative estimate of drug-likeness (QED) is 0.691. The van der Waals surface area contributed by atoms with Crippen LogP contribution in [0.1, 0.15) is 5.56 Å². The minimum absolute atomic E-state index is 0.605. The van der Waals surface area contributed by atoms with Crippen LogP contribution in [0.2, 0.25) is 0 Å². The smallest absolute Gasteiger partial charge is 0.219 e. The number of ether oxygens (including phenoxy) is 1. The fourth-order valence-electron chi connectivity index (χ4n) is 2.25. The second-order valence-corrected chi connectivity index (χ2v) is 5.11. The van der Waals surface area contributed by atoms with E-state index in [0.29, 0.717) is 5.88 Å². The maximum absolute atomic E-state index is 5.70. The lowest BCUT2D eigenvalue weighted by molar-refractivity contribution is 0.463. The molecule has 0 radical (unpaired) electrons. The normalized spacial score (nSPS) is 10.2. The summed E-state index contributed by atoms with van der Waals surface area (Å²) in [6.45, 7) is 0.876. The molecule has 0 bridgehead atoms. The number of rotatable bonds is 5. The lowest BCUT2D eigenvalue weighted by Gasteiger charge is -2.19. The number of nitrogens with zero attached hydrogens (tertiary/aromatic N) is 2. The molecule has 0 spiro atoms. The van der Waals surface area contributed by atoms with Gasteiger partial charge in [-0.3, -0.25) is 0 Å². The molecule has 0 aliphatic heterocycles. The number of hydrogen-bond acceptors (Lipinski definition) is 3. The van der Waals surface area contributed by atoms with E-state index in [1.54, 1.807) is 6.20 Å². The number of aromatic nitrogens is 1. The summed E-state index contributed by atoms with van der Waals surface area (Å²) in [4.78, 5) is 6.36. The summed E-state index contributed by atoms with van der Waals surface area (Å²) in [6.07, 6.45) is 1.72. The third-order valence-electron chi connectivity index (χ3n) is 3.40. The maximum atomic E-state index is 5.70. The van der Waals surface area contributed by atoms with Crippen LogP contribution >= 0.6 is 0 Å². The molecule has 2 aromatic carbocycles. The first kappa shape index (κ1) is 14.1. The van der Waals surface area contributed by atoms with Gasteiger partial charge in [0.15, 0.2) is 0 Å². The Morgan fingerprint density at radius 1 is 0.864 bits per heavy atom. The standard InChI is InChI=1S/C19H18N2O/c1-21(15-16-7-3-2-4-8-16)17-10-12-18(13-11-17)22-19-9-5-6-14-20-19/h2-14H,15H2,1H3. The van der Waals surface area contributed by atoms with Crippen LogP contribution in [-0.4, -0.2) is 12.0 Å². The Labute approximate surface area is 130 Å². The summed E-state index contributed by atoms with van der Waals surface area (Å²) in [7, 11) is 2.08. The Hall–Kier alpha value is -2.81. The second kappa shape index (κ2) is 6.76. The van der Waals surface area contributed by atoms with Crippen LogP contribution in [0.5, 0.6) is 11.6 Å². The zero-order valence-electron chi connectivity index (χ0n) is 12.5. The summed E-state index contributed by atoms with van der Waals surface area (Å²) >= 11 is 0. The van der Waals surface area contributed by atoms with Crippen molar-refractivity contribution >= 4 is 5.69 Å². The Bertz CT molecular complexity index is 697. The van der Waals surface area contributed by atoms with Crippen molar-refractivity contribution in [3.05, 3.63) is 84.6 Å². The molecule has 110 valence electrons. The second-order valence-electron chi connectivity index (χ2n) is 5.11. The molecular formula is C19H18N2O. The van der Waals surface area contributed by atoms with E-state index in [4.69, 9.17) is 4.74 Å². The molecule has 0 N–H and O–H groups in total. The van der Waals surface area contributed by atoms with Crippen molar-refractivity contribution in [2.75, 3.05) is 11.9 Å². The fraction of sp³-hybridized carbons (Fsp3) is 0.105. The van der Waals surface area contributed by atoms with E-state index >= 15 is 0 Å². The van der Waals surface area contributed by atoms with Gasteiger partial charge in [0.25, 0.3) is 0 Å². The maximum Gasteiger partial charge on any atom is 0.219 e. The van der Waals surface area contributed by atoms with E-state index in [2.05, 4.69) is 53.3 Å². The highest BCUT2D eigenvalue weighted by Crippen LogP contribution is 2.23. The van der Waals surface area contributed by atoms with Gasteiger partial charge < -0.3 is 9.64 Å². The highest BCUT2D eigenvalue weighted by molar-refractivity contribution is 5.49. The van der Waals surface area contributed by atoms with Crippen molar-refractivity contribution in [3.63, 3.8) is 0 Å². The summed E-state index contributed by atoms with van der Waals surface area (Å²) in [5.41, 5.74) is 2.44. The van der Waals surface area contributed by atoms with E-state index in [0.717, 1.165) is 18.0 Å². The fourth-order valence-corrected chi connectivity index (χ4v) is 2.25. The van der Waals surface area contributed by atoms with Crippen LogP contribution in [0.15, 0.2) is 79.0 Å². The predicted octanol–water partition coefficient (Wildman–Crippen LogP) is 4.51. The average molecular weight is 290 g/mol. The summed E-state index contributed by atoms with van der Waals surface area (Å²) in [5.74, 6) is 1.39. The van der Waals surface area contributed by atoms with E-state index in [1.807, 2.05) is 36.4 Å². The molecule has 1 heterocycles. The lowest BCUT2D eigenvalue weighted by atomic mass is 10.2.